The molecule has 0 fully saturated rings. The van der Waals surface area contributed by atoms with Gasteiger partial charge in [-0.25, -0.2) is 0 Å². The van der Waals surface area contributed by atoms with Gasteiger partial charge < -0.3 is 9.88 Å². The maximum absolute atomic E-state index is 12.8. The summed E-state index contributed by atoms with van der Waals surface area (Å²) >= 11 is 5.15. The van der Waals surface area contributed by atoms with E-state index in [4.69, 9.17) is 12.2 Å². The summed E-state index contributed by atoms with van der Waals surface area (Å²) in [6.07, 6.45) is 0. The fourth-order valence-corrected chi connectivity index (χ4v) is 2.97. The van der Waals surface area contributed by atoms with Crippen LogP contribution in [0, 0.1) is 4.77 Å². The second-order valence-corrected chi connectivity index (χ2v) is 6.44. The molecule has 25 heavy (non-hydrogen) atoms. The lowest BCUT2D eigenvalue weighted by atomic mass is 10.1. The van der Waals surface area contributed by atoms with Gasteiger partial charge >= 0.3 is 0 Å². The van der Waals surface area contributed by atoms with Gasteiger partial charge in [0.25, 0.3) is 11.5 Å². The van der Waals surface area contributed by atoms with Gasteiger partial charge in [-0.05, 0) is 42.9 Å². The summed E-state index contributed by atoms with van der Waals surface area (Å²) in [5.74, 6) is -0.113. The van der Waals surface area contributed by atoms with E-state index in [1.54, 1.807) is 37.2 Å². The van der Waals surface area contributed by atoms with E-state index < -0.39 is 0 Å². The van der Waals surface area contributed by atoms with Crippen molar-refractivity contribution in [1.82, 2.24) is 14.5 Å². The zero-order valence-corrected chi connectivity index (χ0v) is 15.1. The maximum atomic E-state index is 12.8. The van der Waals surface area contributed by atoms with Crippen molar-refractivity contribution in [3.63, 3.8) is 0 Å². The standard InChI is InChI=1S/C19H19N3O2S/c1-12(13-7-5-4-6-8-13)21(2)17(23)14-9-10-15-16(11-14)20-19(25)22(3)18(15)24/h4-12H,1-3H3,(H,20,25). The Morgan fingerprint density at radius 3 is 2.56 bits per heavy atom. The molecule has 5 nitrogen and oxygen atoms in total. The number of carbonyl (C=O) groups excluding carboxylic acids is 1. The molecule has 3 rings (SSSR count). The van der Waals surface area contributed by atoms with Crippen LogP contribution >= 0.6 is 12.2 Å². The normalized spacial score (nSPS) is 12.1. The molecule has 1 atom stereocenters. The molecule has 1 amide bonds. The zero-order chi connectivity index (χ0) is 18.1. The van der Waals surface area contributed by atoms with Crippen molar-refractivity contribution in [3.05, 3.63) is 74.8 Å². The van der Waals surface area contributed by atoms with Crippen LogP contribution in [0.2, 0.25) is 0 Å². The van der Waals surface area contributed by atoms with E-state index in [1.165, 1.54) is 4.57 Å². The molecule has 0 saturated heterocycles. The lowest BCUT2D eigenvalue weighted by molar-refractivity contribution is 0.0743. The quantitative estimate of drug-likeness (QED) is 0.734. The minimum Gasteiger partial charge on any atom is -0.335 e. The number of fused-ring (bicyclic) bond motifs is 1. The van der Waals surface area contributed by atoms with Crippen LogP contribution in [0.4, 0.5) is 0 Å². The Bertz CT molecular complexity index is 1050. The number of nitrogens with zero attached hydrogens (tertiary/aromatic N) is 2. The van der Waals surface area contributed by atoms with Crippen molar-refractivity contribution < 1.29 is 4.79 Å². The van der Waals surface area contributed by atoms with Gasteiger partial charge in [0.1, 0.15) is 0 Å². The summed E-state index contributed by atoms with van der Waals surface area (Å²) < 4.78 is 1.70. The summed E-state index contributed by atoms with van der Waals surface area (Å²) in [5.41, 5.74) is 1.97. The average Bonchev–Trinajstić information content (AvgIpc) is 2.64. The minimum absolute atomic E-state index is 0.0634. The van der Waals surface area contributed by atoms with E-state index in [2.05, 4.69) is 4.98 Å². The van der Waals surface area contributed by atoms with E-state index in [-0.39, 0.29) is 17.5 Å². The first kappa shape index (κ1) is 17.1. The van der Waals surface area contributed by atoms with Crippen LogP contribution in [0.25, 0.3) is 10.9 Å². The van der Waals surface area contributed by atoms with Gasteiger partial charge in [-0.2, -0.15) is 0 Å². The Kier molecular flexibility index (Phi) is 4.55. The fraction of sp³-hybridized carbons (Fsp3) is 0.211. The molecular weight excluding hydrogens is 334 g/mol. The Balaban J connectivity index is 1.98. The van der Waals surface area contributed by atoms with E-state index in [9.17, 15) is 9.59 Å². The number of aromatic nitrogens is 2. The summed E-state index contributed by atoms with van der Waals surface area (Å²) in [6.45, 7) is 1.98. The minimum atomic E-state index is -0.177. The smallest absolute Gasteiger partial charge is 0.261 e. The molecule has 0 aliphatic rings. The summed E-state index contributed by atoms with van der Waals surface area (Å²) in [5, 5.41) is 0.506. The molecule has 128 valence electrons. The van der Waals surface area contributed by atoms with Crippen molar-refractivity contribution >= 4 is 29.0 Å². The lowest BCUT2D eigenvalue weighted by Gasteiger charge is -2.25. The lowest BCUT2D eigenvalue weighted by Crippen LogP contribution is -2.29. The topological polar surface area (TPSA) is 58.1 Å². The number of amides is 1. The van der Waals surface area contributed by atoms with Gasteiger partial charge in [0.05, 0.1) is 16.9 Å². The Morgan fingerprint density at radius 2 is 1.88 bits per heavy atom. The van der Waals surface area contributed by atoms with Gasteiger partial charge in [0.2, 0.25) is 0 Å². The van der Waals surface area contributed by atoms with Crippen LogP contribution in [-0.4, -0.2) is 27.4 Å². The molecular formula is C19H19N3O2S. The van der Waals surface area contributed by atoms with Crippen LogP contribution in [-0.2, 0) is 7.05 Å². The summed E-state index contributed by atoms with van der Waals surface area (Å²) in [7, 11) is 3.39. The Hall–Kier alpha value is -2.73. The van der Waals surface area contributed by atoms with E-state index >= 15 is 0 Å². The monoisotopic (exact) mass is 353 g/mol. The number of carbonyl (C=O) groups is 1. The van der Waals surface area contributed by atoms with Crippen molar-refractivity contribution in [1.29, 1.82) is 0 Å². The summed E-state index contributed by atoms with van der Waals surface area (Å²) in [6, 6.07) is 14.8. The predicted molar refractivity (Wildman–Crippen MR) is 101 cm³/mol. The largest absolute Gasteiger partial charge is 0.335 e. The highest BCUT2D eigenvalue weighted by Gasteiger charge is 2.19. The van der Waals surface area contributed by atoms with E-state index in [0.717, 1.165) is 5.56 Å². The highest BCUT2D eigenvalue weighted by molar-refractivity contribution is 7.71. The molecule has 1 aromatic heterocycles. The second kappa shape index (κ2) is 6.64. The molecule has 1 unspecified atom stereocenters. The molecule has 2 aromatic carbocycles. The van der Waals surface area contributed by atoms with Crippen LogP contribution in [0.3, 0.4) is 0 Å². The second-order valence-electron chi connectivity index (χ2n) is 6.06. The fourth-order valence-electron chi connectivity index (χ4n) is 2.77. The number of aromatic amines is 1. The zero-order valence-electron chi connectivity index (χ0n) is 14.3. The molecule has 0 spiro atoms. The SMILES string of the molecule is CC(c1ccccc1)N(C)C(=O)c1ccc2c(=O)n(C)c(=S)[nH]c2c1. The maximum Gasteiger partial charge on any atom is 0.261 e. The number of hydrogen-bond acceptors (Lipinski definition) is 3. The highest BCUT2D eigenvalue weighted by atomic mass is 32.1. The summed E-state index contributed by atoms with van der Waals surface area (Å²) in [4.78, 5) is 29.8. The van der Waals surface area contributed by atoms with Gasteiger partial charge in [-0.15, -0.1) is 0 Å². The van der Waals surface area contributed by atoms with E-state index in [1.807, 2.05) is 37.3 Å². The van der Waals surface area contributed by atoms with Crippen LogP contribution in [0.5, 0.6) is 0 Å². The molecule has 0 radical (unpaired) electrons. The first-order valence-electron chi connectivity index (χ1n) is 7.95. The van der Waals surface area contributed by atoms with Gasteiger partial charge in [0.15, 0.2) is 4.77 Å². The van der Waals surface area contributed by atoms with Crippen LogP contribution in [0.15, 0.2) is 53.3 Å². The first-order chi connectivity index (χ1) is 11.9. The van der Waals surface area contributed by atoms with Crippen molar-refractivity contribution in [2.75, 3.05) is 7.05 Å². The molecule has 0 saturated carbocycles. The van der Waals surface area contributed by atoms with Crippen molar-refractivity contribution in [3.8, 4) is 0 Å². The third kappa shape index (κ3) is 3.13. The van der Waals surface area contributed by atoms with Crippen LogP contribution < -0.4 is 5.56 Å². The van der Waals surface area contributed by atoms with Crippen LogP contribution in [0.1, 0.15) is 28.9 Å². The third-order valence-electron chi connectivity index (χ3n) is 4.53. The number of nitrogens with one attached hydrogen (secondary N) is 1. The highest BCUT2D eigenvalue weighted by Crippen LogP contribution is 2.21. The predicted octanol–water partition coefficient (Wildman–Crippen LogP) is 3.43. The molecule has 1 N–H and O–H groups in total. The first-order valence-corrected chi connectivity index (χ1v) is 8.36. The number of benzene rings is 2. The number of rotatable bonds is 3. The molecule has 0 bridgehead atoms. The molecule has 0 aliphatic carbocycles. The van der Waals surface area contributed by atoms with Gasteiger partial charge in [-0.1, -0.05) is 30.3 Å². The van der Waals surface area contributed by atoms with Gasteiger partial charge in [0, 0.05) is 19.7 Å². The Labute approximate surface area is 150 Å². The molecule has 1 heterocycles. The molecule has 6 heteroatoms. The van der Waals surface area contributed by atoms with Crippen molar-refractivity contribution in [2.24, 2.45) is 7.05 Å². The van der Waals surface area contributed by atoms with E-state index in [0.29, 0.717) is 21.2 Å². The Morgan fingerprint density at radius 1 is 1.20 bits per heavy atom. The molecule has 0 aliphatic heterocycles. The third-order valence-corrected chi connectivity index (χ3v) is 4.91. The number of H-pyrrole nitrogens is 1. The average molecular weight is 353 g/mol. The van der Waals surface area contributed by atoms with Gasteiger partial charge in [-0.3, -0.25) is 14.2 Å². The van der Waals surface area contributed by atoms with Crippen molar-refractivity contribution in [2.45, 2.75) is 13.0 Å². The molecule has 3 aromatic rings. The number of hydrogen-bond donors (Lipinski definition) is 1.